The van der Waals surface area contributed by atoms with E-state index >= 15 is 0 Å². The highest BCUT2D eigenvalue weighted by atomic mass is 16.5. The molecule has 5 aromatic rings. The van der Waals surface area contributed by atoms with Gasteiger partial charge in [-0.3, -0.25) is 0 Å². The lowest BCUT2D eigenvalue weighted by molar-refractivity contribution is 0.0602. The maximum absolute atomic E-state index is 12.2. The van der Waals surface area contributed by atoms with Gasteiger partial charge in [0.1, 0.15) is 17.4 Å². The second-order valence-electron chi connectivity index (χ2n) is 7.55. The number of esters is 1. The first-order valence-corrected chi connectivity index (χ1v) is 10.8. The van der Waals surface area contributed by atoms with E-state index in [4.69, 9.17) is 14.5 Å². The molecular formula is C25H22N6O3. The molecule has 0 spiro atoms. The number of nitrogens with one attached hydrogen (secondary N) is 2. The number of carbonyl (C=O) groups is 1. The highest BCUT2D eigenvalue weighted by Crippen LogP contribution is 2.32. The number of carbonyl (C=O) groups excluding carboxylic acids is 1. The minimum Gasteiger partial charge on any atom is -0.465 e. The van der Waals surface area contributed by atoms with Gasteiger partial charge in [-0.05, 0) is 41.0 Å². The molecule has 0 fully saturated rings. The lowest BCUT2D eigenvalue weighted by Crippen LogP contribution is -2.08. The fraction of sp³-hybridized carbons (Fsp3) is 0.160. The first-order valence-electron chi connectivity index (χ1n) is 10.8. The summed E-state index contributed by atoms with van der Waals surface area (Å²) < 4.78 is 11.0. The maximum atomic E-state index is 12.2. The van der Waals surface area contributed by atoms with Crippen LogP contribution in [0.2, 0.25) is 0 Å². The van der Waals surface area contributed by atoms with E-state index in [-0.39, 0.29) is 0 Å². The van der Waals surface area contributed by atoms with Crippen LogP contribution < -0.4 is 0 Å². The van der Waals surface area contributed by atoms with Crippen LogP contribution in [0.3, 0.4) is 0 Å². The van der Waals surface area contributed by atoms with E-state index < -0.39 is 12.1 Å². The summed E-state index contributed by atoms with van der Waals surface area (Å²) in [7, 11) is 1.36. The lowest BCUT2D eigenvalue weighted by Gasteiger charge is -2.16. The van der Waals surface area contributed by atoms with E-state index in [1.54, 1.807) is 12.1 Å². The number of tetrazole rings is 1. The van der Waals surface area contributed by atoms with Gasteiger partial charge in [-0.1, -0.05) is 54.6 Å². The molecule has 170 valence electrons. The summed E-state index contributed by atoms with van der Waals surface area (Å²) in [5.41, 5.74) is 5.53. The third kappa shape index (κ3) is 3.93. The number of nitrogens with zero attached hydrogens (tertiary/aromatic N) is 4. The highest BCUT2D eigenvalue weighted by molar-refractivity contribution is 6.01. The van der Waals surface area contributed by atoms with Gasteiger partial charge in [0.25, 0.3) is 0 Å². The summed E-state index contributed by atoms with van der Waals surface area (Å²) in [6.45, 7) is 2.43. The summed E-state index contributed by atoms with van der Waals surface area (Å²) in [5.74, 6) is 0.727. The number of methoxy groups -OCH3 is 1. The number of benzene rings is 3. The van der Waals surface area contributed by atoms with E-state index in [1.807, 2.05) is 61.5 Å². The topological polar surface area (TPSA) is 119 Å². The minimum atomic E-state index is -0.429. The first-order chi connectivity index (χ1) is 16.7. The van der Waals surface area contributed by atoms with E-state index in [9.17, 15) is 4.79 Å². The number of rotatable bonds is 7. The fourth-order valence-corrected chi connectivity index (χ4v) is 3.99. The van der Waals surface area contributed by atoms with Crippen molar-refractivity contribution >= 4 is 17.0 Å². The number of ether oxygens (including phenoxy) is 2. The molecule has 1 unspecified atom stereocenters. The quantitative estimate of drug-likeness (QED) is 0.352. The second-order valence-corrected chi connectivity index (χ2v) is 7.55. The zero-order chi connectivity index (χ0) is 23.5. The van der Waals surface area contributed by atoms with Crippen molar-refractivity contribution in [3.63, 3.8) is 0 Å². The molecule has 3 aromatic carbocycles. The average Bonchev–Trinajstić information content (AvgIpc) is 3.57. The Bertz CT molecular complexity index is 1430. The van der Waals surface area contributed by atoms with Crippen LogP contribution in [0.5, 0.6) is 0 Å². The molecule has 0 bridgehead atoms. The summed E-state index contributed by atoms with van der Waals surface area (Å²) in [6.07, 6.45) is -0.426. The molecule has 2 N–H and O–H groups in total. The van der Waals surface area contributed by atoms with E-state index in [0.717, 1.165) is 27.8 Å². The van der Waals surface area contributed by atoms with Gasteiger partial charge in [-0.25, -0.2) is 9.78 Å². The van der Waals surface area contributed by atoms with Crippen LogP contribution in [-0.4, -0.2) is 50.3 Å². The number of imidazole rings is 1. The van der Waals surface area contributed by atoms with Gasteiger partial charge in [0.15, 0.2) is 0 Å². The van der Waals surface area contributed by atoms with Gasteiger partial charge in [0.2, 0.25) is 5.82 Å². The van der Waals surface area contributed by atoms with Crippen LogP contribution in [0.1, 0.15) is 34.8 Å². The molecule has 0 aliphatic rings. The SMILES string of the molecule is CCOC(c1ccc(-c2ccccc2-c2nn[nH]n2)cc1)c1nc2c(C(=O)OC)cccc2[nH]1. The Hall–Kier alpha value is -4.37. The largest absolute Gasteiger partial charge is 0.465 e. The molecule has 9 heteroatoms. The molecule has 34 heavy (non-hydrogen) atoms. The Labute approximate surface area is 195 Å². The van der Waals surface area contributed by atoms with Gasteiger partial charge in [0, 0.05) is 12.2 Å². The van der Waals surface area contributed by atoms with Gasteiger partial charge in [-0.2, -0.15) is 5.21 Å². The number of aromatic nitrogens is 6. The summed E-state index contributed by atoms with van der Waals surface area (Å²) in [6, 6.07) is 21.4. The molecule has 2 heterocycles. The van der Waals surface area contributed by atoms with Gasteiger partial charge < -0.3 is 14.5 Å². The van der Waals surface area contributed by atoms with E-state index in [0.29, 0.717) is 29.3 Å². The van der Waals surface area contributed by atoms with Crippen LogP contribution in [0.4, 0.5) is 0 Å². The normalized spacial score (nSPS) is 12.1. The number of para-hydroxylation sites is 1. The summed E-state index contributed by atoms with van der Waals surface area (Å²) in [5, 5.41) is 14.4. The Morgan fingerprint density at radius 2 is 1.79 bits per heavy atom. The third-order valence-corrected chi connectivity index (χ3v) is 5.56. The van der Waals surface area contributed by atoms with Gasteiger partial charge in [0.05, 0.1) is 18.2 Å². The number of hydrogen-bond donors (Lipinski definition) is 2. The van der Waals surface area contributed by atoms with E-state index in [2.05, 4.69) is 25.6 Å². The molecule has 0 saturated heterocycles. The molecule has 0 aliphatic carbocycles. The van der Waals surface area contributed by atoms with Crippen molar-refractivity contribution in [2.45, 2.75) is 13.0 Å². The lowest BCUT2D eigenvalue weighted by atomic mass is 9.97. The van der Waals surface area contributed by atoms with Gasteiger partial charge in [-0.15, -0.1) is 10.2 Å². The maximum Gasteiger partial charge on any atom is 0.340 e. The Kier molecular flexibility index (Phi) is 5.84. The predicted octanol–water partition coefficient (Wildman–Crippen LogP) is 4.32. The standard InChI is InChI=1S/C25H22N6O3/c1-3-34-22(24-26-20-10-6-9-19(21(20)27-24)25(32)33-2)16-13-11-15(12-14-16)17-7-4-5-8-18(17)23-28-30-31-29-23/h4-14,22H,3H2,1-2H3,(H,26,27)(H,28,29,30,31). The van der Waals surface area contributed by atoms with Crippen LogP contribution in [0.25, 0.3) is 33.5 Å². The number of fused-ring (bicyclic) bond motifs is 1. The zero-order valence-electron chi connectivity index (χ0n) is 18.6. The molecule has 0 saturated carbocycles. The predicted molar refractivity (Wildman–Crippen MR) is 126 cm³/mol. The highest BCUT2D eigenvalue weighted by Gasteiger charge is 2.21. The molecule has 2 aromatic heterocycles. The van der Waals surface area contributed by atoms with Crippen molar-refractivity contribution in [3.05, 3.63) is 83.7 Å². The molecular weight excluding hydrogens is 432 g/mol. The smallest absolute Gasteiger partial charge is 0.340 e. The van der Waals surface area contributed by atoms with Crippen molar-refractivity contribution in [1.82, 2.24) is 30.6 Å². The van der Waals surface area contributed by atoms with Crippen molar-refractivity contribution in [3.8, 4) is 22.5 Å². The third-order valence-electron chi connectivity index (χ3n) is 5.56. The van der Waals surface area contributed by atoms with Crippen molar-refractivity contribution in [2.24, 2.45) is 0 Å². The Morgan fingerprint density at radius 3 is 2.50 bits per heavy atom. The Morgan fingerprint density at radius 1 is 1.00 bits per heavy atom. The molecule has 0 amide bonds. The molecule has 5 rings (SSSR count). The molecule has 1 atom stereocenters. The Balaban J connectivity index is 1.52. The summed E-state index contributed by atoms with van der Waals surface area (Å²) >= 11 is 0. The van der Waals surface area contributed by atoms with Crippen molar-refractivity contribution in [2.75, 3.05) is 13.7 Å². The molecule has 0 aliphatic heterocycles. The van der Waals surface area contributed by atoms with Crippen LogP contribution >= 0.6 is 0 Å². The van der Waals surface area contributed by atoms with Crippen molar-refractivity contribution in [1.29, 1.82) is 0 Å². The number of H-pyrrole nitrogens is 2. The monoisotopic (exact) mass is 454 g/mol. The van der Waals surface area contributed by atoms with Crippen molar-refractivity contribution < 1.29 is 14.3 Å². The second kappa shape index (κ2) is 9.24. The average molecular weight is 454 g/mol. The molecule has 9 nitrogen and oxygen atoms in total. The zero-order valence-corrected chi connectivity index (χ0v) is 18.6. The van der Waals surface area contributed by atoms with Crippen LogP contribution in [-0.2, 0) is 9.47 Å². The summed E-state index contributed by atoms with van der Waals surface area (Å²) in [4.78, 5) is 20.2. The minimum absolute atomic E-state index is 0.408. The molecule has 0 radical (unpaired) electrons. The van der Waals surface area contributed by atoms with Crippen LogP contribution in [0, 0.1) is 0 Å². The van der Waals surface area contributed by atoms with E-state index in [1.165, 1.54) is 7.11 Å². The first kappa shape index (κ1) is 21.5. The number of hydrogen-bond acceptors (Lipinski definition) is 7. The fourth-order valence-electron chi connectivity index (χ4n) is 3.99. The van der Waals surface area contributed by atoms with Gasteiger partial charge >= 0.3 is 5.97 Å². The van der Waals surface area contributed by atoms with Crippen LogP contribution in [0.15, 0.2) is 66.7 Å². The number of aromatic amines is 2.